The zero-order valence-corrected chi connectivity index (χ0v) is 13.6. The van der Waals surface area contributed by atoms with Crippen LogP contribution in [0.25, 0.3) is 0 Å². The van der Waals surface area contributed by atoms with Crippen LogP contribution in [0.15, 0.2) is 0 Å². The third-order valence-electron chi connectivity index (χ3n) is 3.62. The van der Waals surface area contributed by atoms with Gasteiger partial charge in [-0.15, -0.1) is 12.4 Å². The van der Waals surface area contributed by atoms with Gasteiger partial charge >= 0.3 is 0 Å². The van der Waals surface area contributed by atoms with Crippen molar-refractivity contribution in [2.75, 3.05) is 13.1 Å². The second kappa shape index (κ2) is 7.77. The molecule has 1 aliphatic heterocycles. The van der Waals surface area contributed by atoms with Crippen LogP contribution < -0.4 is 11.1 Å². The molecule has 1 aromatic heterocycles. The van der Waals surface area contributed by atoms with Gasteiger partial charge in [-0.05, 0) is 33.2 Å². The topological polar surface area (TPSA) is 93.0 Å². The Balaban J connectivity index is 0.00000220. The van der Waals surface area contributed by atoms with E-state index in [0.717, 1.165) is 37.3 Å². The number of carbonyl (C=O) groups is 1. The van der Waals surface area contributed by atoms with Crippen LogP contribution in [0, 0.1) is 0 Å². The quantitative estimate of drug-likeness (QED) is 0.764. The number of nitrogens with one attached hydrogen (secondary N) is 2. The van der Waals surface area contributed by atoms with Crippen molar-refractivity contribution >= 4 is 18.3 Å². The smallest absolute Gasteiger partial charge is 0.284 e. The lowest BCUT2D eigenvalue weighted by Crippen LogP contribution is -2.42. The molecule has 0 aromatic carbocycles. The number of amides is 1. The van der Waals surface area contributed by atoms with Gasteiger partial charge in [-0.3, -0.25) is 4.79 Å². The van der Waals surface area contributed by atoms with E-state index in [1.54, 1.807) is 0 Å². The number of aryl methyl sites for hydroxylation is 1. The largest absolute Gasteiger partial charge is 0.374 e. The highest BCUT2D eigenvalue weighted by molar-refractivity contribution is 5.89. The summed E-state index contributed by atoms with van der Waals surface area (Å²) in [7, 11) is 0. The number of imidazole rings is 1. The van der Waals surface area contributed by atoms with E-state index in [4.69, 9.17) is 10.5 Å². The Bertz CT molecular complexity index is 476. The minimum Gasteiger partial charge on any atom is -0.374 e. The van der Waals surface area contributed by atoms with Gasteiger partial charge in [0.05, 0.1) is 17.9 Å². The van der Waals surface area contributed by atoms with E-state index < -0.39 is 5.91 Å². The van der Waals surface area contributed by atoms with Gasteiger partial charge in [0, 0.05) is 18.2 Å². The van der Waals surface area contributed by atoms with Crippen molar-refractivity contribution in [2.24, 2.45) is 5.73 Å². The van der Waals surface area contributed by atoms with Crippen LogP contribution in [0.5, 0.6) is 0 Å². The number of rotatable bonds is 5. The number of halogens is 1. The number of H-pyrrole nitrogens is 1. The van der Waals surface area contributed by atoms with Gasteiger partial charge in [0.25, 0.3) is 5.91 Å². The lowest BCUT2D eigenvalue weighted by atomic mass is 9.90. The molecule has 21 heavy (non-hydrogen) atoms. The normalized spacial score (nSPS) is 22.1. The summed E-state index contributed by atoms with van der Waals surface area (Å²) in [5, 5.41) is 3.35. The Hall–Kier alpha value is -1.11. The Morgan fingerprint density at radius 1 is 1.52 bits per heavy atom. The summed E-state index contributed by atoms with van der Waals surface area (Å²) in [5.74, 6) is -0.0576. The van der Waals surface area contributed by atoms with Gasteiger partial charge < -0.3 is 20.8 Å². The molecule has 1 aliphatic rings. The fourth-order valence-corrected chi connectivity index (χ4v) is 2.75. The van der Waals surface area contributed by atoms with Gasteiger partial charge in [-0.1, -0.05) is 6.92 Å². The van der Waals surface area contributed by atoms with Crippen molar-refractivity contribution in [2.45, 2.75) is 51.7 Å². The molecule has 2 rings (SSSR count). The van der Waals surface area contributed by atoms with E-state index in [1.165, 1.54) is 0 Å². The molecule has 1 aromatic rings. The van der Waals surface area contributed by atoms with Crippen molar-refractivity contribution in [1.82, 2.24) is 15.3 Å². The summed E-state index contributed by atoms with van der Waals surface area (Å²) < 4.78 is 5.99. The van der Waals surface area contributed by atoms with Gasteiger partial charge in [0.1, 0.15) is 0 Å². The fourth-order valence-electron chi connectivity index (χ4n) is 2.75. The van der Waals surface area contributed by atoms with Crippen LogP contribution in [0.3, 0.4) is 0 Å². The summed E-state index contributed by atoms with van der Waals surface area (Å²) in [6.07, 6.45) is 2.00. The third kappa shape index (κ3) is 4.18. The van der Waals surface area contributed by atoms with E-state index in [1.807, 2.05) is 20.8 Å². The number of aromatic amines is 1. The van der Waals surface area contributed by atoms with Crippen molar-refractivity contribution in [3.63, 3.8) is 0 Å². The lowest BCUT2D eigenvalue weighted by Gasteiger charge is -2.33. The first-order valence-corrected chi connectivity index (χ1v) is 7.27. The Morgan fingerprint density at radius 3 is 2.81 bits per heavy atom. The molecule has 1 amide bonds. The predicted molar refractivity (Wildman–Crippen MR) is 84.0 cm³/mol. The zero-order valence-electron chi connectivity index (χ0n) is 12.8. The second-order valence-corrected chi connectivity index (χ2v) is 5.49. The van der Waals surface area contributed by atoms with Gasteiger partial charge in [0.2, 0.25) is 0 Å². The number of carbonyl (C=O) groups excluding carboxylic acids is 1. The van der Waals surface area contributed by atoms with Gasteiger partial charge in [-0.25, -0.2) is 4.98 Å². The molecule has 0 bridgehead atoms. The lowest BCUT2D eigenvalue weighted by molar-refractivity contribution is -0.0178. The number of aromatic nitrogens is 2. The minimum absolute atomic E-state index is 0. The van der Waals surface area contributed by atoms with Gasteiger partial charge in [-0.2, -0.15) is 0 Å². The van der Waals surface area contributed by atoms with E-state index >= 15 is 0 Å². The molecule has 4 N–H and O–H groups in total. The molecule has 0 aliphatic carbocycles. The Labute approximate surface area is 131 Å². The zero-order chi connectivity index (χ0) is 14.7. The summed E-state index contributed by atoms with van der Waals surface area (Å²) in [6, 6.07) is 0. The van der Waals surface area contributed by atoms with Crippen LogP contribution in [0.4, 0.5) is 0 Å². The standard InChI is InChI=1S/C14H24N4O2.ClH/c1-4-10-12(18-14(17-10)13(15)19)9-5-6-16-7-11(9)20-8(2)3;/h8-9,11,16H,4-7H2,1-3H3,(H2,15,19)(H,17,18);1H. The number of ether oxygens (including phenoxy) is 1. The predicted octanol–water partition coefficient (Wildman–Crippen LogP) is 1.36. The van der Waals surface area contributed by atoms with Crippen molar-refractivity contribution < 1.29 is 9.53 Å². The van der Waals surface area contributed by atoms with Crippen LogP contribution in [0.2, 0.25) is 0 Å². The Morgan fingerprint density at radius 2 is 2.24 bits per heavy atom. The molecule has 7 heteroatoms. The van der Waals surface area contributed by atoms with E-state index in [9.17, 15) is 4.79 Å². The number of nitrogens with two attached hydrogens (primary N) is 1. The highest BCUT2D eigenvalue weighted by atomic mass is 35.5. The molecule has 6 nitrogen and oxygen atoms in total. The molecule has 0 spiro atoms. The van der Waals surface area contributed by atoms with E-state index in [2.05, 4.69) is 15.3 Å². The maximum absolute atomic E-state index is 11.3. The summed E-state index contributed by atoms with van der Waals surface area (Å²) in [4.78, 5) is 18.8. The van der Waals surface area contributed by atoms with Crippen LogP contribution in [-0.4, -0.2) is 41.2 Å². The highest BCUT2D eigenvalue weighted by Crippen LogP contribution is 2.29. The maximum Gasteiger partial charge on any atom is 0.284 e. The molecule has 2 atom stereocenters. The summed E-state index contributed by atoms with van der Waals surface area (Å²) in [6.45, 7) is 7.86. The first-order chi connectivity index (χ1) is 9.52. The maximum atomic E-state index is 11.3. The monoisotopic (exact) mass is 316 g/mol. The van der Waals surface area contributed by atoms with Crippen LogP contribution >= 0.6 is 12.4 Å². The molecule has 120 valence electrons. The summed E-state index contributed by atoms with van der Waals surface area (Å²) >= 11 is 0. The van der Waals surface area contributed by atoms with Gasteiger partial charge in [0.15, 0.2) is 5.82 Å². The SMILES string of the molecule is CCc1[nH]c(C(N)=O)nc1C1CCNCC1OC(C)C.Cl. The molecule has 2 heterocycles. The minimum atomic E-state index is -0.513. The fraction of sp³-hybridized carbons (Fsp3) is 0.714. The molecule has 1 saturated heterocycles. The first kappa shape index (κ1) is 17.9. The Kier molecular flexibility index (Phi) is 6.64. The number of primary amides is 1. The number of piperidine rings is 1. The number of hydrogen-bond donors (Lipinski definition) is 3. The van der Waals surface area contributed by atoms with Crippen LogP contribution in [-0.2, 0) is 11.2 Å². The molecule has 0 radical (unpaired) electrons. The molecule has 0 saturated carbocycles. The van der Waals surface area contributed by atoms with Crippen molar-refractivity contribution in [3.05, 3.63) is 17.2 Å². The third-order valence-corrected chi connectivity index (χ3v) is 3.62. The van der Waals surface area contributed by atoms with E-state index in [-0.39, 0.29) is 36.4 Å². The average Bonchev–Trinajstić information content (AvgIpc) is 2.83. The molecule has 1 fully saturated rings. The summed E-state index contributed by atoms with van der Waals surface area (Å²) in [5.41, 5.74) is 7.25. The second-order valence-electron chi connectivity index (χ2n) is 5.49. The number of hydrogen-bond acceptors (Lipinski definition) is 4. The first-order valence-electron chi connectivity index (χ1n) is 7.27. The molecular weight excluding hydrogens is 292 g/mol. The molecular formula is C14H25ClN4O2. The van der Waals surface area contributed by atoms with E-state index in [0.29, 0.717) is 0 Å². The molecule has 2 unspecified atom stereocenters. The van der Waals surface area contributed by atoms with Crippen LogP contribution in [0.1, 0.15) is 55.1 Å². The highest BCUT2D eigenvalue weighted by Gasteiger charge is 2.32. The average molecular weight is 317 g/mol. The number of nitrogens with zero attached hydrogens (tertiary/aromatic N) is 1. The van der Waals surface area contributed by atoms with Crippen molar-refractivity contribution in [1.29, 1.82) is 0 Å². The van der Waals surface area contributed by atoms with Crippen molar-refractivity contribution in [3.8, 4) is 0 Å².